The number of aryl methyl sites for hydroxylation is 2. The number of hydrogen-bond donors (Lipinski definition) is 2. The van der Waals surface area contributed by atoms with E-state index in [0.717, 1.165) is 11.1 Å². The van der Waals surface area contributed by atoms with Crippen LogP contribution in [0.1, 0.15) is 21.9 Å². The molecule has 5 nitrogen and oxygen atoms in total. The Morgan fingerprint density at radius 2 is 2.29 bits per heavy atom. The van der Waals surface area contributed by atoms with Crippen molar-refractivity contribution in [2.75, 3.05) is 11.1 Å². The van der Waals surface area contributed by atoms with Crippen LogP contribution >= 0.6 is 23.4 Å². The van der Waals surface area contributed by atoms with Gasteiger partial charge in [-0.15, -0.1) is 16.9 Å². The number of carbonyl (C=O) groups is 1. The summed E-state index contributed by atoms with van der Waals surface area (Å²) in [5, 5.41) is 17.5. The fraction of sp³-hybridized carbons (Fsp3) is 0.286. The lowest BCUT2D eigenvalue weighted by atomic mass is 10.0. The van der Waals surface area contributed by atoms with Gasteiger partial charge in [-0.25, -0.2) is 4.68 Å². The molecule has 0 radical (unpaired) electrons. The van der Waals surface area contributed by atoms with Crippen LogP contribution in [0.25, 0.3) is 0 Å². The molecule has 110 valence electrons. The molecular formula is C14H14ClN3O2S. The van der Waals surface area contributed by atoms with Gasteiger partial charge in [0.15, 0.2) is 0 Å². The molecular weight excluding hydrogens is 310 g/mol. The van der Waals surface area contributed by atoms with Crippen LogP contribution in [0.2, 0.25) is 5.02 Å². The van der Waals surface area contributed by atoms with E-state index in [1.807, 2.05) is 25.1 Å². The number of aromatic nitrogens is 2. The molecule has 2 N–H and O–H groups in total. The topological polar surface area (TPSA) is 67.2 Å². The summed E-state index contributed by atoms with van der Waals surface area (Å²) in [5.41, 5.74) is 2.67. The lowest BCUT2D eigenvalue weighted by molar-refractivity contribution is -0.113. The van der Waals surface area contributed by atoms with Gasteiger partial charge in [-0.3, -0.25) is 4.79 Å². The first-order chi connectivity index (χ1) is 9.97. The first kappa shape index (κ1) is 14.3. The number of halogens is 1. The summed E-state index contributed by atoms with van der Waals surface area (Å²) < 4.78 is 1.49. The molecule has 0 bridgehead atoms. The first-order valence-corrected chi connectivity index (χ1v) is 7.83. The Morgan fingerprint density at radius 3 is 3.00 bits per heavy atom. The molecule has 7 heteroatoms. The number of benzene rings is 1. The summed E-state index contributed by atoms with van der Waals surface area (Å²) in [5.74, 6) is 0.711. The number of aromatic hydroxyl groups is 1. The molecule has 0 fully saturated rings. The molecule has 2 heterocycles. The summed E-state index contributed by atoms with van der Waals surface area (Å²) in [4.78, 5) is 11.8. The number of amides is 1. The molecule has 1 aromatic carbocycles. The van der Waals surface area contributed by atoms with Crippen molar-refractivity contribution in [1.29, 1.82) is 0 Å². The van der Waals surface area contributed by atoms with E-state index < -0.39 is 0 Å². The van der Waals surface area contributed by atoms with Crippen molar-refractivity contribution in [2.24, 2.45) is 7.05 Å². The highest BCUT2D eigenvalue weighted by atomic mass is 35.5. The Labute approximate surface area is 131 Å². The molecule has 21 heavy (non-hydrogen) atoms. The maximum absolute atomic E-state index is 11.8. The third kappa shape index (κ3) is 2.49. The quantitative estimate of drug-likeness (QED) is 0.847. The lowest BCUT2D eigenvalue weighted by Gasteiger charge is -2.17. The van der Waals surface area contributed by atoms with Gasteiger partial charge in [-0.05, 0) is 30.2 Å². The second-order valence-electron chi connectivity index (χ2n) is 4.95. The van der Waals surface area contributed by atoms with E-state index in [1.54, 1.807) is 7.05 Å². The van der Waals surface area contributed by atoms with E-state index in [9.17, 15) is 9.90 Å². The Balaban J connectivity index is 2.17. The van der Waals surface area contributed by atoms with E-state index in [1.165, 1.54) is 16.4 Å². The van der Waals surface area contributed by atoms with Gasteiger partial charge in [0.05, 0.1) is 16.6 Å². The van der Waals surface area contributed by atoms with E-state index in [-0.39, 0.29) is 17.0 Å². The fourth-order valence-corrected chi connectivity index (χ4v) is 3.95. The van der Waals surface area contributed by atoms with E-state index in [0.29, 0.717) is 22.2 Å². The summed E-state index contributed by atoms with van der Waals surface area (Å²) in [7, 11) is 1.70. The lowest BCUT2D eigenvalue weighted by Crippen LogP contribution is -2.15. The minimum absolute atomic E-state index is 0.0541. The average Bonchev–Trinajstić information content (AvgIpc) is 2.59. The summed E-state index contributed by atoms with van der Waals surface area (Å²) in [6, 6.07) is 5.63. The fourth-order valence-electron chi connectivity index (χ4n) is 2.50. The molecule has 1 amide bonds. The summed E-state index contributed by atoms with van der Waals surface area (Å²) in [6.07, 6.45) is 0. The van der Waals surface area contributed by atoms with Crippen molar-refractivity contribution < 1.29 is 9.90 Å². The van der Waals surface area contributed by atoms with Crippen molar-refractivity contribution >= 4 is 35.1 Å². The Hall–Kier alpha value is -1.66. The number of hydrogen-bond acceptors (Lipinski definition) is 4. The maximum atomic E-state index is 11.8. The van der Waals surface area contributed by atoms with Crippen LogP contribution in [-0.2, 0) is 11.8 Å². The van der Waals surface area contributed by atoms with Gasteiger partial charge in [0.25, 0.3) is 0 Å². The zero-order valence-corrected chi connectivity index (χ0v) is 13.1. The molecule has 0 saturated heterocycles. The summed E-state index contributed by atoms with van der Waals surface area (Å²) >= 11 is 7.47. The number of fused-ring (bicyclic) bond motifs is 1. The van der Waals surface area contributed by atoms with Gasteiger partial charge < -0.3 is 10.4 Å². The third-order valence-corrected chi connectivity index (χ3v) is 4.97. The second-order valence-corrected chi connectivity index (χ2v) is 6.48. The number of carbonyl (C=O) groups excluding carboxylic acids is 1. The monoisotopic (exact) mass is 323 g/mol. The summed E-state index contributed by atoms with van der Waals surface area (Å²) in [6.45, 7) is 1.97. The molecule has 1 unspecified atom stereocenters. The largest absolute Gasteiger partial charge is 0.492 e. The van der Waals surface area contributed by atoms with Gasteiger partial charge >= 0.3 is 0 Å². The number of nitrogens with one attached hydrogen (secondary N) is 1. The predicted molar refractivity (Wildman–Crippen MR) is 84.0 cm³/mol. The second kappa shape index (κ2) is 5.27. The third-order valence-electron chi connectivity index (χ3n) is 3.48. The normalized spacial score (nSPS) is 18.0. The smallest absolute Gasteiger partial charge is 0.237 e. The van der Waals surface area contributed by atoms with Crippen LogP contribution < -0.4 is 5.32 Å². The van der Waals surface area contributed by atoms with Crippen molar-refractivity contribution in [3.8, 4) is 5.88 Å². The zero-order valence-electron chi connectivity index (χ0n) is 11.6. The molecule has 1 aromatic heterocycles. The van der Waals surface area contributed by atoms with Crippen LogP contribution in [0.15, 0.2) is 18.2 Å². The number of thioether (sulfide) groups is 1. The Kier molecular flexibility index (Phi) is 3.59. The molecule has 2 aromatic rings. The zero-order chi connectivity index (χ0) is 15.1. The Bertz CT molecular complexity index is 729. The molecule has 1 aliphatic heterocycles. The highest BCUT2D eigenvalue weighted by Gasteiger charge is 2.31. The van der Waals surface area contributed by atoms with Crippen molar-refractivity contribution in [1.82, 2.24) is 9.78 Å². The number of rotatable bonds is 1. The van der Waals surface area contributed by atoms with Crippen molar-refractivity contribution in [2.45, 2.75) is 12.2 Å². The van der Waals surface area contributed by atoms with Gasteiger partial charge in [0.2, 0.25) is 11.8 Å². The number of nitrogens with zero attached hydrogens (tertiary/aromatic N) is 2. The molecule has 1 aliphatic rings. The molecule has 3 rings (SSSR count). The molecule has 0 aliphatic carbocycles. The van der Waals surface area contributed by atoms with Crippen LogP contribution in [-0.4, -0.2) is 26.5 Å². The molecule has 1 atom stereocenters. The minimum atomic E-state index is -0.162. The minimum Gasteiger partial charge on any atom is -0.492 e. The Morgan fingerprint density at radius 1 is 1.52 bits per heavy atom. The predicted octanol–water partition coefficient (Wildman–Crippen LogP) is 2.86. The van der Waals surface area contributed by atoms with Gasteiger partial charge in [0.1, 0.15) is 5.82 Å². The maximum Gasteiger partial charge on any atom is 0.237 e. The van der Waals surface area contributed by atoms with E-state index in [2.05, 4.69) is 10.4 Å². The van der Waals surface area contributed by atoms with E-state index in [4.69, 9.17) is 11.6 Å². The highest BCUT2D eigenvalue weighted by Crippen LogP contribution is 2.46. The van der Waals surface area contributed by atoms with Crippen LogP contribution in [0, 0.1) is 6.92 Å². The first-order valence-electron chi connectivity index (χ1n) is 6.40. The number of anilines is 1. The molecule has 0 saturated carbocycles. The standard InChI is InChI=1S/C14H14ClN3O2S/c1-7-5-8(15)3-4-9(7)12-11-13(16-10(19)6-21-12)18(2)17-14(11)20/h3-5,12H,6H2,1-2H3,(H,16,19)(H,17,20). The van der Waals surface area contributed by atoms with Crippen molar-refractivity contribution in [3.63, 3.8) is 0 Å². The van der Waals surface area contributed by atoms with Crippen LogP contribution in [0.3, 0.4) is 0 Å². The van der Waals surface area contributed by atoms with Crippen LogP contribution in [0.4, 0.5) is 5.82 Å². The highest BCUT2D eigenvalue weighted by molar-refractivity contribution is 8.00. The molecule has 0 spiro atoms. The van der Waals surface area contributed by atoms with Gasteiger partial charge in [0, 0.05) is 12.1 Å². The average molecular weight is 324 g/mol. The van der Waals surface area contributed by atoms with Crippen molar-refractivity contribution in [3.05, 3.63) is 39.9 Å². The van der Waals surface area contributed by atoms with Gasteiger partial charge in [-0.1, -0.05) is 17.7 Å². The van der Waals surface area contributed by atoms with E-state index >= 15 is 0 Å². The van der Waals surface area contributed by atoms with Crippen LogP contribution in [0.5, 0.6) is 5.88 Å². The van der Waals surface area contributed by atoms with Gasteiger partial charge in [-0.2, -0.15) is 0 Å². The SMILES string of the molecule is Cc1cc(Cl)ccc1C1SCC(=O)Nc2c1c(O)nn2C.